The average molecular weight is 486 g/mol. The maximum Gasteiger partial charge on any atom is 0.308 e. The van der Waals surface area contributed by atoms with Crippen molar-refractivity contribution in [1.29, 1.82) is 0 Å². The van der Waals surface area contributed by atoms with Crippen LogP contribution in [0.1, 0.15) is 30.9 Å². The van der Waals surface area contributed by atoms with Crippen molar-refractivity contribution in [3.05, 3.63) is 63.3 Å². The van der Waals surface area contributed by atoms with Crippen LogP contribution in [0.2, 0.25) is 0 Å². The van der Waals surface area contributed by atoms with Crippen LogP contribution < -0.4 is 4.87 Å². The van der Waals surface area contributed by atoms with Crippen LogP contribution in [0.4, 0.5) is 0 Å². The smallest absolute Gasteiger partial charge is 0.308 e. The summed E-state index contributed by atoms with van der Waals surface area (Å²) >= 11 is 1.07. The molecule has 3 heterocycles. The minimum atomic E-state index is -3.67. The van der Waals surface area contributed by atoms with Crippen molar-refractivity contribution in [1.82, 2.24) is 13.8 Å². The first-order valence-electron chi connectivity index (χ1n) is 11.4. The molecule has 0 unspecified atom stereocenters. The lowest BCUT2D eigenvalue weighted by Crippen LogP contribution is -2.45. The van der Waals surface area contributed by atoms with Crippen LogP contribution in [0.25, 0.3) is 10.2 Å². The molecule has 0 bridgehead atoms. The molecule has 2 aliphatic heterocycles. The number of hydrogen-bond acceptors (Lipinski definition) is 5. The van der Waals surface area contributed by atoms with Crippen molar-refractivity contribution < 1.29 is 13.2 Å². The number of piperidine rings is 1. The molecule has 0 spiro atoms. The normalized spacial score (nSPS) is 17.9. The van der Waals surface area contributed by atoms with Crippen molar-refractivity contribution in [3.63, 3.8) is 0 Å². The van der Waals surface area contributed by atoms with Gasteiger partial charge in [0.25, 0.3) is 0 Å². The van der Waals surface area contributed by atoms with Crippen LogP contribution in [-0.2, 0) is 34.3 Å². The zero-order valence-electron chi connectivity index (χ0n) is 18.6. The van der Waals surface area contributed by atoms with E-state index < -0.39 is 10.0 Å². The number of aromatic nitrogens is 1. The Kier molecular flexibility index (Phi) is 5.88. The highest BCUT2D eigenvalue weighted by Gasteiger charge is 2.34. The molecule has 0 N–H and O–H groups in total. The number of fused-ring (bicyclic) bond motifs is 2. The number of amides is 1. The van der Waals surface area contributed by atoms with Crippen LogP contribution in [-0.4, -0.2) is 47.7 Å². The van der Waals surface area contributed by atoms with Crippen LogP contribution >= 0.6 is 11.3 Å². The molecule has 0 saturated carbocycles. The third-order valence-electron chi connectivity index (χ3n) is 6.84. The topological polar surface area (TPSA) is 79.7 Å². The van der Waals surface area contributed by atoms with E-state index >= 15 is 0 Å². The zero-order valence-corrected chi connectivity index (χ0v) is 20.2. The van der Waals surface area contributed by atoms with Gasteiger partial charge in [0.05, 0.1) is 15.1 Å². The molecule has 0 radical (unpaired) electrons. The summed E-state index contributed by atoms with van der Waals surface area (Å²) < 4.78 is 30.3. The molecule has 1 saturated heterocycles. The minimum absolute atomic E-state index is 0.0817. The molecule has 1 amide bonds. The molecule has 3 aromatic rings. The molecule has 174 valence electrons. The first-order valence-corrected chi connectivity index (χ1v) is 13.6. The maximum atomic E-state index is 13.3. The second-order valence-corrected chi connectivity index (χ2v) is 11.6. The molecule has 1 aromatic heterocycles. The van der Waals surface area contributed by atoms with E-state index in [0.717, 1.165) is 23.3 Å². The summed E-state index contributed by atoms with van der Waals surface area (Å²) in [6.45, 7) is 4.45. The van der Waals surface area contributed by atoms with E-state index in [1.807, 2.05) is 24.0 Å². The van der Waals surface area contributed by atoms with Crippen molar-refractivity contribution in [2.24, 2.45) is 5.92 Å². The van der Waals surface area contributed by atoms with E-state index in [1.165, 1.54) is 15.4 Å². The van der Waals surface area contributed by atoms with Gasteiger partial charge >= 0.3 is 4.87 Å². The lowest BCUT2D eigenvalue weighted by atomic mass is 9.94. The van der Waals surface area contributed by atoms with Gasteiger partial charge in [-0.15, -0.1) is 0 Å². The Hall–Kier alpha value is -2.49. The molecule has 9 heteroatoms. The molecule has 2 aromatic carbocycles. The van der Waals surface area contributed by atoms with E-state index in [0.29, 0.717) is 50.3 Å². The van der Waals surface area contributed by atoms with Gasteiger partial charge in [-0.3, -0.25) is 14.2 Å². The third kappa shape index (κ3) is 4.02. The summed E-state index contributed by atoms with van der Waals surface area (Å²) in [6, 6.07) is 13.1. The highest BCUT2D eigenvalue weighted by molar-refractivity contribution is 7.89. The summed E-state index contributed by atoms with van der Waals surface area (Å²) in [5.41, 5.74) is 3.27. The number of nitrogens with zero attached hydrogens (tertiary/aromatic N) is 3. The van der Waals surface area contributed by atoms with Gasteiger partial charge in [-0.25, -0.2) is 8.42 Å². The maximum absolute atomic E-state index is 13.3. The van der Waals surface area contributed by atoms with Crippen molar-refractivity contribution in [2.75, 3.05) is 19.6 Å². The number of carbonyl (C=O) groups excluding carboxylic acids is 1. The van der Waals surface area contributed by atoms with Crippen LogP contribution in [0.15, 0.2) is 52.2 Å². The molecule has 33 heavy (non-hydrogen) atoms. The Bertz CT molecular complexity index is 1370. The lowest BCUT2D eigenvalue weighted by Gasteiger charge is -2.35. The van der Waals surface area contributed by atoms with Gasteiger partial charge in [0, 0.05) is 38.6 Å². The summed E-state index contributed by atoms with van der Waals surface area (Å²) in [7, 11) is -3.67. The Morgan fingerprint density at radius 3 is 2.52 bits per heavy atom. The number of sulfonamides is 1. The molecule has 5 rings (SSSR count). The van der Waals surface area contributed by atoms with E-state index in [1.54, 1.807) is 22.8 Å². The summed E-state index contributed by atoms with van der Waals surface area (Å²) in [6.07, 6.45) is 1.92. The molecular formula is C24H27N3O4S2. The van der Waals surface area contributed by atoms with Gasteiger partial charge in [-0.2, -0.15) is 4.31 Å². The first kappa shape index (κ1) is 22.3. The molecule has 0 aliphatic carbocycles. The Morgan fingerprint density at radius 2 is 1.79 bits per heavy atom. The van der Waals surface area contributed by atoms with Gasteiger partial charge in [0.15, 0.2) is 0 Å². The number of carbonyl (C=O) groups is 1. The van der Waals surface area contributed by atoms with E-state index in [2.05, 4.69) is 12.1 Å². The summed E-state index contributed by atoms with van der Waals surface area (Å²) in [5.74, 6) is -0.0123. The second kappa shape index (κ2) is 8.70. The van der Waals surface area contributed by atoms with Gasteiger partial charge in [0.2, 0.25) is 15.9 Å². The quantitative estimate of drug-likeness (QED) is 0.569. The number of aryl methyl sites for hydroxylation is 1. The zero-order chi connectivity index (χ0) is 23.2. The highest BCUT2D eigenvalue weighted by atomic mass is 32.2. The molecule has 0 atom stereocenters. The Balaban J connectivity index is 1.27. The largest absolute Gasteiger partial charge is 0.338 e. The van der Waals surface area contributed by atoms with E-state index in [4.69, 9.17) is 0 Å². The van der Waals surface area contributed by atoms with Crippen LogP contribution in [0, 0.1) is 5.92 Å². The molecule has 1 fully saturated rings. The summed E-state index contributed by atoms with van der Waals surface area (Å²) in [5, 5.41) is 0. The Morgan fingerprint density at radius 1 is 1.06 bits per heavy atom. The second-order valence-electron chi connectivity index (χ2n) is 8.70. The van der Waals surface area contributed by atoms with Gasteiger partial charge in [0.1, 0.15) is 0 Å². The fourth-order valence-corrected chi connectivity index (χ4v) is 7.51. The predicted octanol–water partition coefficient (Wildman–Crippen LogP) is 3.07. The van der Waals surface area contributed by atoms with Crippen molar-refractivity contribution >= 4 is 37.5 Å². The third-order valence-corrected chi connectivity index (χ3v) is 9.68. The fraction of sp³-hybridized carbons (Fsp3) is 0.417. The van der Waals surface area contributed by atoms with E-state index in [9.17, 15) is 18.0 Å². The SMILES string of the molecule is CCn1c(=O)sc2cc(S(=O)(=O)N3CCC(C(=O)N4CCc5ccccc5C4)CC3)ccc21. The highest BCUT2D eigenvalue weighted by Crippen LogP contribution is 2.29. The predicted molar refractivity (Wildman–Crippen MR) is 129 cm³/mol. The molecule has 7 nitrogen and oxygen atoms in total. The number of thiazole rings is 1. The van der Waals surface area contributed by atoms with Gasteiger partial charge in [-0.1, -0.05) is 35.6 Å². The number of hydrogen-bond donors (Lipinski definition) is 0. The first-order chi connectivity index (χ1) is 15.9. The molecule has 2 aliphatic rings. The average Bonchev–Trinajstić information content (AvgIpc) is 3.17. The van der Waals surface area contributed by atoms with Gasteiger partial charge < -0.3 is 4.90 Å². The number of rotatable bonds is 4. The van der Waals surface area contributed by atoms with E-state index in [-0.39, 0.29) is 21.6 Å². The fourth-order valence-electron chi connectivity index (χ4n) is 4.94. The summed E-state index contributed by atoms with van der Waals surface area (Å²) in [4.78, 5) is 27.3. The van der Waals surface area contributed by atoms with Gasteiger partial charge in [-0.05, 0) is 55.5 Å². The monoisotopic (exact) mass is 485 g/mol. The van der Waals surface area contributed by atoms with Crippen molar-refractivity contribution in [3.8, 4) is 0 Å². The van der Waals surface area contributed by atoms with Crippen molar-refractivity contribution in [2.45, 2.75) is 44.2 Å². The van der Waals surface area contributed by atoms with Crippen LogP contribution in [0.5, 0.6) is 0 Å². The standard InChI is InChI=1S/C24H27N3O4S2/c1-2-27-21-8-7-20(15-22(21)32-24(27)29)33(30,31)26-13-10-18(11-14-26)23(28)25-12-9-17-5-3-4-6-19(17)16-25/h3-8,15,18H,2,9-14,16H2,1H3. The number of benzene rings is 2. The lowest BCUT2D eigenvalue weighted by molar-refractivity contribution is -0.137. The molecular weight excluding hydrogens is 458 g/mol. The van der Waals surface area contributed by atoms with Crippen LogP contribution in [0.3, 0.4) is 0 Å². The Labute approximate surface area is 197 Å². The minimum Gasteiger partial charge on any atom is -0.338 e.